The normalized spacial score (nSPS) is 26.0. The molecule has 0 unspecified atom stereocenters. The molecule has 24 heavy (non-hydrogen) atoms. The quantitative estimate of drug-likeness (QED) is 0.854. The van der Waals surface area contributed by atoms with Crippen LogP contribution in [0.4, 0.5) is 0 Å². The molecule has 2 bridgehead atoms. The Kier molecular flexibility index (Phi) is 4.97. The van der Waals surface area contributed by atoms with Gasteiger partial charge in [0.1, 0.15) is 0 Å². The number of carbonyl (C=O) groups excluding carboxylic acids is 1. The highest BCUT2D eigenvalue weighted by molar-refractivity contribution is 7.88. The van der Waals surface area contributed by atoms with Crippen LogP contribution >= 0.6 is 0 Å². The Morgan fingerprint density at radius 2 is 1.92 bits per heavy atom. The third-order valence-electron chi connectivity index (χ3n) is 5.35. The third-order valence-corrected chi connectivity index (χ3v) is 6.55. The summed E-state index contributed by atoms with van der Waals surface area (Å²) in [6, 6.07) is 7.94. The average Bonchev–Trinajstić information content (AvgIpc) is 3.10. The first-order chi connectivity index (χ1) is 11.3. The van der Waals surface area contributed by atoms with E-state index in [1.54, 1.807) is 0 Å². The van der Waals surface area contributed by atoms with Crippen molar-refractivity contribution in [1.29, 1.82) is 0 Å². The lowest BCUT2D eigenvalue weighted by molar-refractivity contribution is -0.122. The van der Waals surface area contributed by atoms with E-state index in [9.17, 15) is 13.2 Å². The predicted octanol–water partition coefficient (Wildman–Crippen LogP) is 2.06. The minimum Gasteiger partial charge on any atom is -0.352 e. The van der Waals surface area contributed by atoms with Crippen LogP contribution in [0.2, 0.25) is 0 Å². The van der Waals surface area contributed by atoms with Crippen molar-refractivity contribution in [2.75, 3.05) is 12.8 Å². The number of nitrogens with one attached hydrogen (secondary N) is 1. The summed E-state index contributed by atoms with van der Waals surface area (Å²) >= 11 is 0. The Morgan fingerprint density at radius 3 is 2.46 bits per heavy atom. The zero-order chi connectivity index (χ0) is 17.3. The Hall–Kier alpha value is -1.40. The molecule has 1 aromatic carbocycles. The standard InChI is InChI=1S/C18H26N2O3S/c1-13-3-5-14(6-4-13)11-20(24(2,22)23)12-18(21)19-17-10-15-7-8-16(17)9-15/h3-6,15-17H,7-12H2,1-2H3,(H,19,21)/t15-,16-,17-/m1/s1. The fourth-order valence-electron chi connectivity index (χ4n) is 4.02. The molecule has 2 aliphatic rings. The lowest BCUT2D eigenvalue weighted by Crippen LogP contribution is -2.45. The van der Waals surface area contributed by atoms with Gasteiger partial charge in [-0.15, -0.1) is 0 Å². The van der Waals surface area contributed by atoms with Crippen molar-refractivity contribution in [2.24, 2.45) is 11.8 Å². The van der Waals surface area contributed by atoms with E-state index in [1.807, 2.05) is 31.2 Å². The van der Waals surface area contributed by atoms with Crippen LogP contribution in [0.1, 0.15) is 36.8 Å². The number of rotatable bonds is 6. The molecule has 3 atom stereocenters. The molecule has 2 fully saturated rings. The summed E-state index contributed by atoms with van der Waals surface area (Å²) in [5.74, 6) is 1.15. The molecule has 5 nitrogen and oxygen atoms in total. The molecule has 2 aliphatic carbocycles. The lowest BCUT2D eigenvalue weighted by Gasteiger charge is -2.25. The Balaban J connectivity index is 1.61. The van der Waals surface area contributed by atoms with Crippen molar-refractivity contribution >= 4 is 15.9 Å². The van der Waals surface area contributed by atoms with Gasteiger partial charge < -0.3 is 5.32 Å². The number of hydrogen-bond donors (Lipinski definition) is 1. The maximum atomic E-state index is 12.4. The molecule has 1 amide bonds. The Labute approximate surface area is 144 Å². The number of benzene rings is 1. The first-order valence-electron chi connectivity index (χ1n) is 8.61. The maximum absolute atomic E-state index is 12.4. The van der Waals surface area contributed by atoms with Gasteiger partial charge in [-0.25, -0.2) is 8.42 Å². The molecule has 0 spiro atoms. The van der Waals surface area contributed by atoms with Crippen LogP contribution in [-0.4, -0.2) is 37.5 Å². The summed E-state index contributed by atoms with van der Waals surface area (Å²) in [7, 11) is -3.44. The molecule has 6 heteroatoms. The monoisotopic (exact) mass is 350 g/mol. The van der Waals surface area contributed by atoms with Crippen LogP contribution in [0, 0.1) is 18.8 Å². The zero-order valence-electron chi connectivity index (χ0n) is 14.4. The second-order valence-corrected chi connectivity index (χ2v) is 9.35. The van der Waals surface area contributed by atoms with E-state index in [-0.39, 0.29) is 25.0 Å². The summed E-state index contributed by atoms with van der Waals surface area (Å²) in [5, 5.41) is 3.06. The number of carbonyl (C=O) groups is 1. The van der Waals surface area contributed by atoms with Gasteiger partial charge >= 0.3 is 0 Å². The van der Waals surface area contributed by atoms with Crippen molar-refractivity contribution in [1.82, 2.24) is 9.62 Å². The Morgan fingerprint density at radius 1 is 1.21 bits per heavy atom. The van der Waals surface area contributed by atoms with Gasteiger partial charge in [-0.1, -0.05) is 36.2 Å². The van der Waals surface area contributed by atoms with Crippen LogP contribution in [0.25, 0.3) is 0 Å². The Bertz CT molecular complexity index is 699. The highest BCUT2D eigenvalue weighted by atomic mass is 32.2. The van der Waals surface area contributed by atoms with E-state index in [1.165, 1.54) is 23.6 Å². The average molecular weight is 350 g/mol. The van der Waals surface area contributed by atoms with Crippen LogP contribution in [-0.2, 0) is 21.4 Å². The van der Waals surface area contributed by atoms with E-state index >= 15 is 0 Å². The van der Waals surface area contributed by atoms with Gasteiger partial charge in [-0.05, 0) is 43.6 Å². The SMILES string of the molecule is Cc1ccc(CN(CC(=O)N[C@@H]2C[C@@H]3CC[C@@H]2C3)S(C)(=O)=O)cc1. The summed E-state index contributed by atoms with van der Waals surface area (Å²) in [6.07, 6.45) is 5.89. The molecule has 0 aromatic heterocycles. The van der Waals surface area contributed by atoms with Crippen LogP contribution in [0.3, 0.4) is 0 Å². The van der Waals surface area contributed by atoms with E-state index in [2.05, 4.69) is 5.32 Å². The number of aryl methyl sites for hydroxylation is 1. The zero-order valence-corrected chi connectivity index (χ0v) is 15.2. The smallest absolute Gasteiger partial charge is 0.235 e. The van der Waals surface area contributed by atoms with Gasteiger partial charge in [0.15, 0.2) is 0 Å². The number of amides is 1. The molecule has 0 radical (unpaired) electrons. The molecule has 2 saturated carbocycles. The highest BCUT2D eigenvalue weighted by Gasteiger charge is 2.40. The number of nitrogens with zero attached hydrogens (tertiary/aromatic N) is 1. The van der Waals surface area contributed by atoms with Crippen molar-refractivity contribution in [3.63, 3.8) is 0 Å². The van der Waals surface area contributed by atoms with Crippen molar-refractivity contribution < 1.29 is 13.2 Å². The topological polar surface area (TPSA) is 66.5 Å². The van der Waals surface area contributed by atoms with Crippen molar-refractivity contribution in [2.45, 2.75) is 45.2 Å². The molecule has 1 aromatic rings. The second-order valence-electron chi connectivity index (χ2n) is 7.37. The van der Waals surface area contributed by atoms with E-state index in [0.29, 0.717) is 5.92 Å². The van der Waals surface area contributed by atoms with Gasteiger partial charge in [-0.2, -0.15) is 4.31 Å². The maximum Gasteiger partial charge on any atom is 0.235 e. The molecular formula is C18H26N2O3S. The first kappa shape index (κ1) is 17.4. The fraction of sp³-hybridized carbons (Fsp3) is 0.611. The van der Waals surface area contributed by atoms with Gasteiger partial charge in [0, 0.05) is 12.6 Å². The van der Waals surface area contributed by atoms with E-state index in [4.69, 9.17) is 0 Å². The molecule has 0 aliphatic heterocycles. The largest absolute Gasteiger partial charge is 0.352 e. The molecular weight excluding hydrogens is 324 g/mol. The van der Waals surface area contributed by atoms with Gasteiger partial charge in [-0.3, -0.25) is 4.79 Å². The lowest BCUT2D eigenvalue weighted by atomic mass is 9.95. The molecule has 0 saturated heterocycles. The number of fused-ring (bicyclic) bond motifs is 2. The summed E-state index contributed by atoms with van der Waals surface area (Å²) in [5.41, 5.74) is 2.01. The van der Waals surface area contributed by atoms with Gasteiger partial charge in [0.25, 0.3) is 0 Å². The number of hydrogen-bond acceptors (Lipinski definition) is 3. The van der Waals surface area contributed by atoms with Crippen molar-refractivity contribution in [3.8, 4) is 0 Å². The van der Waals surface area contributed by atoms with E-state index < -0.39 is 10.0 Å². The minimum atomic E-state index is -3.44. The second kappa shape index (κ2) is 6.84. The summed E-state index contributed by atoms with van der Waals surface area (Å²) in [6.45, 7) is 2.10. The van der Waals surface area contributed by atoms with E-state index in [0.717, 1.165) is 29.7 Å². The molecule has 1 N–H and O–H groups in total. The fourth-order valence-corrected chi connectivity index (χ4v) is 4.76. The highest BCUT2D eigenvalue weighted by Crippen LogP contribution is 2.44. The molecule has 3 rings (SSSR count). The minimum absolute atomic E-state index is 0.111. The van der Waals surface area contributed by atoms with Crippen LogP contribution in [0.5, 0.6) is 0 Å². The predicted molar refractivity (Wildman–Crippen MR) is 93.8 cm³/mol. The van der Waals surface area contributed by atoms with Crippen molar-refractivity contribution in [3.05, 3.63) is 35.4 Å². The molecule has 0 heterocycles. The van der Waals surface area contributed by atoms with Gasteiger partial charge in [0.05, 0.1) is 12.8 Å². The van der Waals surface area contributed by atoms with Gasteiger partial charge in [0.2, 0.25) is 15.9 Å². The third kappa shape index (κ3) is 4.16. The summed E-state index contributed by atoms with van der Waals surface area (Å²) < 4.78 is 25.3. The number of sulfonamides is 1. The molecule has 132 valence electrons. The van der Waals surface area contributed by atoms with Crippen LogP contribution in [0.15, 0.2) is 24.3 Å². The first-order valence-corrected chi connectivity index (χ1v) is 10.5. The summed E-state index contributed by atoms with van der Waals surface area (Å²) in [4.78, 5) is 12.4. The van der Waals surface area contributed by atoms with Crippen LogP contribution < -0.4 is 5.32 Å².